The second-order valence-electron chi connectivity index (χ2n) is 4.04. The first-order chi connectivity index (χ1) is 9.49. The van der Waals surface area contributed by atoms with Crippen LogP contribution in [-0.4, -0.2) is 38.5 Å². The Hall–Kier alpha value is -1.63. The molecule has 0 radical (unpaired) electrons. The van der Waals surface area contributed by atoms with E-state index in [4.69, 9.17) is 21.1 Å². The fraction of sp³-hybridized carbons (Fsp3) is 0.385. The quantitative estimate of drug-likeness (QED) is 0.813. The molecule has 1 rings (SSSR count). The number of benzene rings is 1. The van der Waals surface area contributed by atoms with Crippen LogP contribution in [0, 0.1) is 0 Å². The molecule has 0 saturated heterocycles. The summed E-state index contributed by atoms with van der Waals surface area (Å²) in [5.41, 5.74) is 0.229. The Kier molecular flexibility index (Phi) is 6.44. The molecule has 1 aromatic carbocycles. The zero-order valence-corrected chi connectivity index (χ0v) is 12.2. The number of methoxy groups -OCH3 is 2. The third kappa shape index (κ3) is 4.48. The Morgan fingerprint density at radius 1 is 1.20 bits per heavy atom. The number of ether oxygens (including phenoxy) is 2. The fourth-order valence-corrected chi connectivity index (χ4v) is 1.85. The van der Waals surface area contributed by atoms with Gasteiger partial charge in [-0.05, 0) is 19.1 Å². The second-order valence-corrected chi connectivity index (χ2v) is 4.44. The van der Waals surface area contributed by atoms with Crippen molar-refractivity contribution in [3.05, 3.63) is 34.9 Å². The molecule has 2 N–H and O–H groups in total. The molecule has 6 nitrogen and oxygen atoms in total. The van der Waals surface area contributed by atoms with E-state index in [1.807, 2.05) is 0 Å². The standard InChI is InChI=1S/C13H17ClN2O4/c1-8(12(19-2)20-3)15-13(18)16-11(17)9-6-4-5-7-10(9)14/h4-8,12H,1-3H3,(H2,15,16,17,18)/t8-/m1/s1. The van der Waals surface area contributed by atoms with Crippen LogP contribution in [0.1, 0.15) is 17.3 Å². The predicted molar refractivity (Wildman–Crippen MR) is 74.7 cm³/mol. The zero-order valence-electron chi connectivity index (χ0n) is 11.5. The van der Waals surface area contributed by atoms with Crippen molar-refractivity contribution in [3.8, 4) is 0 Å². The van der Waals surface area contributed by atoms with Crippen LogP contribution < -0.4 is 10.6 Å². The highest BCUT2D eigenvalue weighted by molar-refractivity contribution is 6.34. The van der Waals surface area contributed by atoms with Crippen LogP contribution in [0.5, 0.6) is 0 Å². The van der Waals surface area contributed by atoms with E-state index < -0.39 is 24.3 Å². The third-order valence-electron chi connectivity index (χ3n) is 2.58. The minimum Gasteiger partial charge on any atom is -0.354 e. The van der Waals surface area contributed by atoms with E-state index in [0.717, 1.165) is 0 Å². The lowest BCUT2D eigenvalue weighted by molar-refractivity contribution is -0.117. The minimum absolute atomic E-state index is 0.229. The Morgan fingerprint density at radius 2 is 1.80 bits per heavy atom. The van der Waals surface area contributed by atoms with Gasteiger partial charge >= 0.3 is 6.03 Å². The van der Waals surface area contributed by atoms with Gasteiger partial charge in [0.1, 0.15) is 0 Å². The molecule has 0 fully saturated rings. The molecular weight excluding hydrogens is 284 g/mol. The summed E-state index contributed by atoms with van der Waals surface area (Å²) >= 11 is 5.87. The molecule has 0 spiro atoms. The number of carbonyl (C=O) groups is 2. The summed E-state index contributed by atoms with van der Waals surface area (Å²) in [6, 6.07) is 5.38. The maximum absolute atomic E-state index is 11.8. The number of rotatable bonds is 5. The van der Waals surface area contributed by atoms with E-state index in [0.29, 0.717) is 0 Å². The molecule has 0 unspecified atom stereocenters. The molecule has 0 aromatic heterocycles. The number of imide groups is 1. The summed E-state index contributed by atoms with van der Waals surface area (Å²) in [4.78, 5) is 23.5. The number of halogens is 1. The zero-order chi connectivity index (χ0) is 15.1. The van der Waals surface area contributed by atoms with Gasteiger partial charge in [-0.2, -0.15) is 0 Å². The molecule has 0 aliphatic rings. The molecule has 3 amide bonds. The minimum atomic E-state index is -0.651. The molecule has 0 heterocycles. The summed E-state index contributed by atoms with van der Waals surface area (Å²) in [5, 5.41) is 5.00. The van der Waals surface area contributed by atoms with Gasteiger partial charge in [0.05, 0.1) is 16.6 Å². The van der Waals surface area contributed by atoms with Crippen LogP contribution in [0.4, 0.5) is 4.79 Å². The number of urea groups is 1. The Bertz CT molecular complexity index is 477. The lowest BCUT2D eigenvalue weighted by Crippen LogP contribution is -2.48. The largest absolute Gasteiger partial charge is 0.354 e. The Labute approximate surface area is 122 Å². The van der Waals surface area contributed by atoms with Gasteiger partial charge < -0.3 is 14.8 Å². The number of nitrogens with one attached hydrogen (secondary N) is 2. The third-order valence-corrected chi connectivity index (χ3v) is 2.91. The highest BCUT2D eigenvalue weighted by atomic mass is 35.5. The van der Waals surface area contributed by atoms with Crippen molar-refractivity contribution in [1.82, 2.24) is 10.6 Å². The van der Waals surface area contributed by atoms with Gasteiger partial charge in [0.2, 0.25) is 0 Å². The van der Waals surface area contributed by atoms with Gasteiger partial charge in [0, 0.05) is 14.2 Å². The van der Waals surface area contributed by atoms with Crippen LogP contribution in [0.2, 0.25) is 5.02 Å². The average Bonchev–Trinajstić information content (AvgIpc) is 2.40. The van der Waals surface area contributed by atoms with Gasteiger partial charge in [-0.3, -0.25) is 10.1 Å². The van der Waals surface area contributed by atoms with Gasteiger partial charge in [-0.15, -0.1) is 0 Å². The van der Waals surface area contributed by atoms with E-state index in [9.17, 15) is 9.59 Å². The molecule has 1 aromatic rings. The molecular formula is C13H17ClN2O4. The van der Waals surface area contributed by atoms with Crippen molar-refractivity contribution in [2.75, 3.05) is 14.2 Å². The summed E-state index contributed by atoms with van der Waals surface area (Å²) in [5.74, 6) is -0.577. The second kappa shape index (κ2) is 7.84. The summed E-state index contributed by atoms with van der Waals surface area (Å²) in [7, 11) is 2.91. The number of amides is 3. The molecule has 0 aliphatic heterocycles. The number of hydrogen-bond donors (Lipinski definition) is 2. The van der Waals surface area contributed by atoms with Gasteiger partial charge in [-0.25, -0.2) is 4.79 Å². The van der Waals surface area contributed by atoms with Crippen LogP contribution in [0.3, 0.4) is 0 Å². The maximum atomic E-state index is 11.8. The SMILES string of the molecule is COC(OC)[C@@H](C)NC(=O)NC(=O)c1ccccc1Cl. The van der Waals surface area contributed by atoms with Crippen LogP contribution >= 0.6 is 11.6 Å². The average molecular weight is 301 g/mol. The van der Waals surface area contributed by atoms with E-state index in [1.165, 1.54) is 20.3 Å². The van der Waals surface area contributed by atoms with Crippen molar-refractivity contribution in [2.45, 2.75) is 19.3 Å². The smallest absolute Gasteiger partial charge is 0.322 e. The van der Waals surface area contributed by atoms with E-state index in [1.54, 1.807) is 25.1 Å². The predicted octanol–water partition coefficient (Wildman–Crippen LogP) is 1.79. The van der Waals surface area contributed by atoms with Crippen molar-refractivity contribution >= 4 is 23.5 Å². The molecule has 0 aliphatic carbocycles. The summed E-state index contributed by atoms with van der Waals surface area (Å²) in [6.07, 6.45) is -0.601. The van der Waals surface area contributed by atoms with Crippen LogP contribution in [0.25, 0.3) is 0 Å². The highest BCUT2D eigenvalue weighted by Gasteiger charge is 2.20. The number of hydrogen-bond acceptors (Lipinski definition) is 4. The Balaban J connectivity index is 2.59. The van der Waals surface area contributed by atoms with Gasteiger partial charge in [0.25, 0.3) is 5.91 Å². The lowest BCUT2D eigenvalue weighted by atomic mass is 10.2. The first kappa shape index (κ1) is 16.4. The monoisotopic (exact) mass is 300 g/mol. The van der Waals surface area contributed by atoms with Gasteiger partial charge in [-0.1, -0.05) is 23.7 Å². The summed E-state index contributed by atoms with van der Waals surface area (Å²) in [6.45, 7) is 1.69. The maximum Gasteiger partial charge on any atom is 0.322 e. The number of carbonyl (C=O) groups excluding carboxylic acids is 2. The van der Waals surface area contributed by atoms with E-state index in [2.05, 4.69) is 10.6 Å². The van der Waals surface area contributed by atoms with Crippen molar-refractivity contribution < 1.29 is 19.1 Å². The first-order valence-corrected chi connectivity index (χ1v) is 6.29. The molecule has 1 atom stereocenters. The molecule has 110 valence electrons. The van der Waals surface area contributed by atoms with Gasteiger partial charge in [0.15, 0.2) is 6.29 Å². The molecule has 0 saturated carbocycles. The van der Waals surface area contributed by atoms with Crippen LogP contribution in [0.15, 0.2) is 24.3 Å². The Morgan fingerprint density at radius 3 is 2.35 bits per heavy atom. The van der Waals surface area contributed by atoms with Crippen LogP contribution in [-0.2, 0) is 9.47 Å². The first-order valence-electron chi connectivity index (χ1n) is 5.91. The molecule has 20 heavy (non-hydrogen) atoms. The van der Waals surface area contributed by atoms with Crippen molar-refractivity contribution in [3.63, 3.8) is 0 Å². The highest BCUT2D eigenvalue weighted by Crippen LogP contribution is 2.14. The molecule has 0 bridgehead atoms. The van der Waals surface area contributed by atoms with Crippen molar-refractivity contribution in [2.24, 2.45) is 0 Å². The van der Waals surface area contributed by atoms with Crippen molar-refractivity contribution in [1.29, 1.82) is 0 Å². The normalized spacial score (nSPS) is 12.1. The fourth-order valence-electron chi connectivity index (χ4n) is 1.63. The summed E-state index contributed by atoms with van der Waals surface area (Å²) < 4.78 is 10.0. The van der Waals surface area contributed by atoms with E-state index in [-0.39, 0.29) is 10.6 Å². The lowest BCUT2D eigenvalue weighted by Gasteiger charge is -2.22. The molecule has 7 heteroatoms. The van der Waals surface area contributed by atoms with E-state index >= 15 is 0 Å². The topological polar surface area (TPSA) is 76.7 Å².